The summed E-state index contributed by atoms with van der Waals surface area (Å²) in [6.07, 6.45) is 4.43. The van der Waals surface area contributed by atoms with Gasteiger partial charge in [-0.05, 0) is 51.0 Å². The van der Waals surface area contributed by atoms with Gasteiger partial charge < -0.3 is 10.1 Å². The molecule has 0 spiro atoms. The van der Waals surface area contributed by atoms with Gasteiger partial charge in [0, 0.05) is 25.2 Å². The number of nitrogens with one attached hydrogen (secondary N) is 1. The SMILES string of the molecule is CCNC1CCC(C)(C)CC1CN1CC(C)OCC1C. The molecule has 4 unspecified atom stereocenters. The average molecular weight is 282 g/mol. The number of morpholine rings is 1. The highest BCUT2D eigenvalue weighted by atomic mass is 16.5. The molecular formula is C17H34N2O. The van der Waals surface area contributed by atoms with Crippen molar-refractivity contribution in [1.82, 2.24) is 10.2 Å². The Morgan fingerprint density at radius 1 is 1.30 bits per heavy atom. The van der Waals surface area contributed by atoms with Crippen LogP contribution in [-0.2, 0) is 4.74 Å². The number of hydrogen-bond donors (Lipinski definition) is 1. The Balaban J connectivity index is 1.98. The van der Waals surface area contributed by atoms with E-state index in [4.69, 9.17) is 4.74 Å². The van der Waals surface area contributed by atoms with Gasteiger partial charge in [0.15, 0.2) is 0 Å². The van der Waals surface area contributed by atoms with E-state index in [-0.39, 0.29) is 0 Å². The first-order valence-corrected chi connectivity index (χ1v) is 8.50. The van der Waals surface area contributed by atoms with Crippen LogP contribution in [0.1, 0.15) is 53.9 Å². The zero-order chi connectivity index (χ0) is 14.8. The van der Waals surface area contributed by atoms with Gasteiger partial charge in [-0.15, -0.1) is 0 Å². The summed E-state index contributed by atoms with van der Waals surface area (Å²) >= 11 is 0. The Kier molecular flexibility index (Phi) is 5.49. The van der Waals surface area contributed by atoms with Gasteiger partial charge >= 0.3 is 0 Å². The minimum atomic E-state index is 0.389. The van der Waals surface area contributed by atoms with Crippen molar-refractivity contribution in [2.24, 2.45) is 11.3 Å². The van der Waals surface area contributed by atoms with Gasteiger partial charge in [0.25, 0.3) is 0 Å². The van der Waals surface area contributed by atoms with Gasteiger partial charge in [-0.3, -0.25) is 4.90 Å². The van der Waals surface area contributed by atoms with Gasteiger partial charge in [0.1, 0.15) is 0 Å². The van der Waals surface area contributed by atoms with Crippen LogP contribution >= 0.6 is 0 Å². The Labute approximate surface area is 125 Å². The first kappa shape index (κ1) is 16.3. The van der Waals surface area contributed by atoms with Crippen LogP contribution in [0.4, 0.5) is 0 Å². The summed E-state index contributed by atoms with van der Waals surface area (Å²) in [5.41, 5.74) is 0.512. The Bertz CT molecular complexity index is 305. The number of nitrogens with zero attached hydrogens (tertiary/aromatic N) is 1. The van der Waals surface area contributed by atoms with Crippen LogP contribution in [-0.4, -0.2) is 49.3 Å². The third kappa shape index (κ3) is 4.19. The van der Waals surface area contributed by atoms with Crippen LogP contribution in [0.2, 0.25) is 0 Å². The highest BCUT2D eigenvalue weighted by Gasteiger charge is 2.36. The first-order chi connectivity index (χ1) is 9.41. The molecule has 0 aromatic rings. The van der Waals surface area contributed by atoms with E-state index >= 15 is 0 Å². The molecule has 1 aliphatic carbocycles. The Morgan fingerprint density at radius 2 is 2.05 bits per heavy atom. The molecule has 20 heavy (non-hydrogen) atoms. The summed E-state index contributed by atoms with van der Waals surface area (Å²) in [6.45, 7) is 15.9. The van der Waals surface area contributed by atoms with Crippen LogP contribution in [0, 0.1) is 11.3 Å². The van der Waals surface area contributed by atoms with Crippen LogP contribution < -0.4 is 5.32 Å². The molecule has 1 saturated heterocycles. The van der Waals surface area contributed by atoms with Crippen molar-refractivity contribution in [2.75, 3.05) is 26.2 Å². The van der Waals surface area contributed by atoms with Crippen LogP contribution in [0.15, 0.2) is 0 Å². The summed E-state index contributed by atoms with van der Waals surface area (Å²) in [5, 5.41) is 3.73. The number of hydrogen-bond acceptors (Lipinski definition) is 3. The van der Waals surface area contributed by atoms with Gasteiger partial charge in [-0.2, -0.15) is 0 Å². The van der Waals surface area contributed by atoms with Crippen molar-refractivity contribution in [2.45, 2.75) is 72.1 Å². The maximum absolute atomic E-state index is 5.77. The van der Waals surface area contributed by atoms with Crippen LogP contribution in [0.3, 0.4) is 0 Å². The van der Waals surface area contributed by atoms with Crippen molar-refractivity contribution >= 4 is 0 Å². The van der Waals surface area contributed by atoms with E-state index in [0.717, 1.165) is 25.6 Å². The third-order valence-corrected chi connectivity index (χ3v) is 5.19. The smallest absolute Gasteiger partial charge is 0.0674 e. The number of ether oxygens (including phenoxy) is 1. The molecule has 1 N–H and O–H groups in total. The second-order valence-electron chi connectivity index (χ2n) is 7.78. The van der Waals surface area contributed by atoms with Crippen molar-refractivity contribution < 1.29 is 4.74 Å². The summed E-state index contributed by atoms with van der Waals surface area (Å²) in [5.74, 6) is 0.784. The number of rotatable bonds is 4. The topological polar surface area (TPSA) is 24.5 Å². The van der Waals surface area contributed by atoms with Gasteiger partial charge in [-0.25, -0.2) is 0 Å². The van der Waals surface area contributed by atoms with Crippen molar-refractivity contribution in [3.05, 3.63) is 0 Å². The second-order valence-corrected chi connectivity index (χ2v) is 7.78. The zero-order valence-corrected chi connectivity index (χ0v) is 14.1. The van der Waals surface area contributed by atoms with Crippen molar-refractivity contribution in [3.63, 3.8) is 0 Å². The van der Waals surface area contributed by atoms with E-state index in [9.17, 15) is 0 Å². The molecule has 0 bridgehead atoms. The highest BCUT2D eigenvalue weighted by molar-refractivity contribution is 4.91. The third-order valence-electron chi connectivity index (χ3n) is 5.19. The quantitative estimate of drug-likeness (QED) is 0.858. The summed E-state index contributed by atoms with van der Waals surface area (Å²) < 4.78 is 5.77. The first-order valence-electron chi connectivity index (χ1n) is 8.50. The summed E-state index contributed by atoms with van der Waals surface area (Å²) in [6, 6.07) is 1.27. The minimum absolute atomic E-state index is 0.389. The van der Waals surface area contributed by atoms with Crippen molar-refractivity contribution in [3.8, 4) is 0 Å². The molecular weight excluding hydrogens is 248 g/mol. The van der Waals surface area contributed by atoms with E-state index in [1.54, 1.807) is 0 Å². The van der Waals surface area contributed by atoms with Crippen LogP contribution in [0.5, 0.6) is 0 Å². The van der Waals surface area contributed by atoms with Gasteiger partial charge in [-0.1, -0.05) is 20.8 Å². The maximum atomic E-state index is 5.77. The molecule has 3 nitrogen and oxygen atoms in total. The lowest BCUT2D eigenvalue weighted by Gasteiger charge is -2.45. The predicted molar refractivity (Wildman–Crippen MR) is 85.0 cm³/mol. The molecule has 1 aliphatic heterocycles. The molecule has 0 radical (unpaired) electrons. The fraction of sp³-hybridized carbons (Fsp3) is 1.00. The largest absolute Gasteiger partial charge is 0.376 e. The molecule has 2 rings (SSSR count). The molecule has 0 amide bonds. The highest BCUT2D eigenvalue weighted by Crippen LogP contribution is 2.39. The van der Waals surface area contributed by atoms with Crippen LogP contribution in [0.25, 0.3) is 0 Å². The van der Waals surface area contributed by atoms with E-state index in [1.165, 1.54) is 25.8 Å². The van der Waals surface area contributed by atoms with Gasteiger partial charge in [0.2, 0.25) is 0 Å². The van der Waals surface area contributed by atoms with E-state index in [1.807, 2.05) is 0 Å². The van der Waals surface area contributed by atoms with Crippen molar-refractivity contribution in [1.29, 1.82) is 0 Å². The molecule has 0 aromatic carbocycles. The Hall–Kier alpha value is -0.120. The molecule has 3 heteroatoms. The lowest BCUT2D eigenvalue weighted by molar-refractivity contribution is -0.0603. The predicted octanol–water partition coefficient (Wildman–Crippen LogP) is 2.90. The second kappa shape index (κ2) is 6.76. The fourth-order valence-corrected chi connectivity index (χ4v) is 3.99. The van der Waals surface area contributed by atoms with E-state index in [0.29, 0.717) is 23.6 Å². The van der Waals surface area contributed by atoms with E-state index in [2.05, 4.69) is 44.8 Å². The lowest BCUT2D eigenvalue weighted by Crippen LogP contribution is -2.53. The standard InChI is InChI=1S/C17H34N2O/c1-6-18-16-7-8-17(4,5)9-15(16)11-19-10-14(3)20-12-13(19)2/h13-16,18H,6-12H2,1-5H3. The monoisotopic (exact) mass is 282 g/mol. The Morgan fingerprint density at radius 3 is 2.75 bits per heavy atom. The zero-order valence-electron chi connectivity index (χ0n) is 14.1. The minimum Gasteiger partial charge on any atom is -0.376 e. The molecule has 0 aromatic heterocycles. The normalized spacial score (nSPS) is 38.9. The molecule has 118 valence electrons. The maximum Gasteiger partial charge on any atom is 0.0674 e. The molecule has 2 fully saturated rings. The molecule has 2 aliphatic rings. The average Bonchev–Trinajstić information content (AvgIpc) is 2.37. The lowest BCUT2D eigenvalue weighted by atomic mass is 9.69. The molecule has 4 atom stereocenters. The molecule has 1 heterocycles. The summed E-state index contributed by atoms with van der Waals surface area (Å²) in [4.78, 5) is 2.66. The summed E-state index contributed by atoms with van der Waals surface area (Å²) in [7, 11) is 0. The molecule has 1 saturated carbocycles. The van der Waals surface area contributed by atoms with E-state index < -0.39 is 0 Å². The van der Waals surface area contributed by atoms with Gasteiger partial charge in [0.05, 0.1) is 12.7 Å². The fourth-order valence-electron chi connectivity index (χ4n) is 3.99.